The van der Waals surface area contributed by atoms with E-state index in [2.05, 4.69) is 4.98 Å². The van der Waals surface area contributed by atoms with Crippen molar-refractivity contribution >= 4 is 22.6 Å². The van der Waals surface area contributed by atoms with Crippen LogP contribution in [0.4, 0.5) is 19.0 Å². The number of pyridine rings is 2. The van der Waals surface area contributed by atoms with E-state index in [1.807, 2.05) is 59.5 Å². The van der Waals surface area contributed by atoms with E-state index in [9.17, 15) is 18.0 Å². The number of piperazine rings is 1. The normalized spacial score (nSPS) is 14.2. The summed E-state index contributed by atoms with van der Waals surface area (Å²) in [5.41, 5.74) is 2.06. The summed E-state index contributed by atoms with van der Waals surface area (Å²) in [6.07, 6.45) is -3.58. The van der Waals surface area contributed by atoms with Crippen LogP contribution >= 0.6 is 0 Å². The van der Waals surface area contributed by atoms with Crippen molar-refractivity contribution in [2.45, 2.75) is 6.18 Å². The van der Waals surface area contributed by atoms with Gasteiger partial charge in [-0.1, -0.05) is 18.2 Å². The Morgan fingerprint density at radius 3 is 2.31 bits per heavy atom. The van der Waals surface area contributed by atoms with Crippen LogP contribution < -0.4 is 9.64 Å². The molecule has 36 heavy (non-hydrogen) atoms. The fourth-order valence-electron chi connectivity index (χ4n) is 4.31. The van der Waals surface area contributed by atoms with Crippen LogP contribution in [0.2, 0.25) is 0 Å². The Morgan fingerprint density at radius 1 is 0.944 bits per heavy atom. The second-order valence-electron chi connectivity index (χ2n) is 8.48. The first-order chi connectivity index (χ1) is 17.3. The number of methoxy groups -OCH3 is 1. The van der Waals surface area contributed by atoms with Gasteiger partial charge in [0.15, 0.2) is 0 Å². The van der Waals surface area contributed by atoms with Gasteiger partial charge in [0.25, 0.3) is 5.91 Å². The third-order valence-electron chi connectivity index (χ3n) is 6.30. The topological polar surface area (TPSA) is 58.6 Å². The molecule has 0 unspecified atom stereocenters. The molecule has 1 fully saturated rings. The van der Waals surface area contributed by atoms with E-state index in [-0.39, 0.29) is 5.91 Å². The summed E-state index contributed by atoms with van der Waals surface area (Å²) in [4.78, 5) is 26.0. The number of rotatable bonds is 4. The fraction of sp³-hybridized carbons (Fsp3) is 0.222. The molecule has 0 saturated carbocycles. The third-order valence-corrected chi connectivity index (χ3v) is 6.30. The molecule has 0 spiro atoms. The number of halogens is 3. The lowest BCUT2D eigenvalue weighted by molar-refractivity contribution is -0.137. The summed E-state index contributed by atoms with van der Waals surface area (Å²) in [5, 5.41) is 0.770. The van der Waals surface area contributed by atoms with Crippen LogP contribution in [0.5, 0.6) is 5.75 Å². The number of carbonyl (C=O) groups is 1. The highest BCUT2D eigenvalue weighted by Gasteiger charge is 2.31. The highest BCUT2D eigenvalue weighted by molar-refractivity contribution is 6.07. The summed E-state index contributed by atoms with van der Waals surface area (Å²) >= 11 is 0. The Labute approximate surface area is 206 Å². The van der Waals surface area contributed by atoms with E-state index in [0.717, 1.165) is 34.5 Å². The molecule has 4 aromatic rings. The molecule has 6 nitrogen and oxygen atoms in total. The number of aromatic nitrogens is 2. The molecule has 0 N–H and O–H groups in total. The second kappa shape index (κ2) is 9.49. The summed E-state index contributed by atoms with van der Waals surface area (Å²) in [5.74, 6) is 1.09. The van der Waals surface area contributed by atoms with Crippen molar-refractivity contribution in [3.05, 3.63) is 84.1 Å². The molecule has 0 aliphatic carbocycles. The van der Waals surface area contributed by atoms with Gasteiger partial charge < -0.3 is 14.5 Å². The lowest BCUT2D eigenvalue weighted by Gasteiger charge is -2.35. The number of alkyl halides is 3. The Morgan fingerprint density at radius 2 is 1.67 bits per heavy atom. The number of nitrogens with zero attached hydrogens (tertiary/aromatic N) is 4. The summed E-state index contributed by atoms with van der Waals surface area (Å²) in [7, 11) is 1.60. The molecule has 184 valence electrons. The Bertz CT molecular complexity index is 1380. The Balaban J connectivity index is 1.37. The van der Waals surface area contributed by atoms with Gasteiger partial charge >= 0.3 is 6.18 Å². The number of para-hydroxylation sites is 1. The minimum absolute atomic E-state index is 0.108. The maximum atomic E-state index is 13.6. The standard InChI is InChI=1S/C27H23F3N4O2/c1-36-20-9-6-18(7-10-20)24-16-22(21-4-2-3-5-23(21)32-24)26(35)34-14-12-33(13-15-34)25-11-8-19(17-31-25)27(28,29)30/h2-11,16-17H,12-15H2,1H3. The average molecular weight is 493 g/mol. The van der Waals surface area contributed by atoms with Crippen LogP contribution in [0, 0.1) is 0 Å². The van der Waals surface area contributed by atoms with Crippen molar-refractivity contribution in [2.24, 2.45) is 0 Å². The first-order valence-corrected chi connectivity index (χ1v) is 11.5. The van der Waals surface area contributed by atoms with Gasteiger partial charge in [0.1, 0.15) is 11.6 Å². The van der Waals surface area contributed by atoms with Crippen molar-refractivity contribution in [3.8, 4) is 17.0 Å². The van der Waals surface area contributed by atoms with Crippen LogP contribution in [-0.4, -0.2) is 54.1 Å². The lowest BCUT2D eigenvalue weighted by Crippen LogP contribution is -2.49. The van der Waals surface area contributed by atoms with E-state index in [1.165, 1.54) is 6.07 Å². The summed E-state index contributed by atoms with van der Waals surface area (Å²) in [6, 6.07) is 19.3. The average Bonchev–Trinajstić information content (AvgIpc) is 2.92. The van der Waals surface area contributed by atoms with Crippen molar-refractivity contribution in [1.29, 1.82) is 0 Å². The second-order valence-corrected chi connectivity index (χ2v) is 8.48. The number of anilines is 1. The number of hydrogen-bond acceptors (Lipinski definition) is 5. The number of benzene rings is 2. The molecule has 2 aromatic heterocycles. The van der Waals surface area contributed by atoms with Crippen LogP contribution in [0.15, 0.2) is 72.9 Å². The molecule has 1 aliphatic heterocycles. The molecule has 1 saturated heterocycles. The molecular weight excluding hydrogens is 469 g/mol. The number of hydrogen-bond donors (Lipinski definition) is 0. The van der Waals surface area contributed by atoms with Crippen LogP contribution in [-0.2, 0) is 6.18 Å². The zero-order valence-electron chi connectivity index (χ0n) is 19.5. The van der Waals surface area contributed by atoms with Crippen molar-refractivity contribution < 1.29 is 22.7 Å². The highest BCUT2D eigenvalue weighted by atomic mass is 19.4. The van der Waals surface area contributed by atoms with Gasteiger partial charge in [0.2, 0.25) is 0 Å². The van der Waals surface area contributed by atoms with Crippen molar-refractivity contribution in [1.82, 2.24) is 14.9 Å². The molecule has 5 rings (SSSR count). The monoisotopic (exact) mass is 492 g/mol. The number of carbonyl (C=O) groups excluding carboxylic acids is 1. The number of amides is 1. The maximum absolute atomic E-state index is 13.6. The highest BCUT2D eigenvalue weighted by Crippen LogP contribution is 2.30. The molecule has 0 radical (unpaired) electrons. The molecule has 9 heteroatoms. The van der Waals surface area contributed by atoms with E-state index < -0.39 is 11.7 Å². The summed E-state index contributed by atoms with van der Waals surface area (Å²) < 4.78 is 43.7. The largest absolute Gasteiger partial charge is 0.497 e. The number of ether oxygens (including phenoxy) is 1. The first-order valence-electron chi connectivity index (χ1n) is 11.5. The molecule has 0 atom stereocenters. The van der Waals surface area contributed by atoms with Gasteiger partial charge in [0.05, 0.1) is 29.4 Å². The van der Waals surface area contributed by atoms with Crippen LogP contribution in [0.3, 0.4) is 0 Å². The quantitative estimate of drug-likeness (QED) is 0.388. The zero-order valence-corrected chi connectivity index (χ0v) is 19.5. The number of fused-ring (bicyclic) bond motifs is 1. The van der Waals surface area contributed by atoms with E-state index in [0.29, 0.717) is 43.3 Å². The van der Waals surface area contributed by atoms with Gasteiger partial charge in [-0.2, -0.15) is 13.2 Å². The Kier molecular flexibility index (Phi) is 6.22. The van der Waals surface area contributed by atoms with Crippen LogP contribution in [0.25, 0.3) is 22.2 Å². The van der Waals surface area contributed by atoms with Gasteiger partial charge in [-0.15, -0.1) is 0 Å². The van der Waals surface area contributed by atoms with Gasteiger partial charge in [0, 0.05) is 43.3 Å². The maximum Gasteiger partial charge on any atom is 0.417 e. The smallest absolute Gasteiger partial charge is 0.417 e. The minimum Gasteiger partial charge on any atom is -0.497 e. The SMILES string of the molecule is COc1ccc(-c2cc(C(=O)N3CCN(c4ccc(C(F)(F)F)cn4)CC3)c3ccccc3n2)cc1. The molecule has 0 bridgehead atoms. The molecular formula is C27H23F3N4O2. The molecule has 2 aromatic carbocycles. The van der Waals surface area contributed by atoms with Crippen molar-refractivity contribution in [2.75, 3.05) is 38.2 Å². The first kappa shape index (κ1) is 23.6. The molecule has 1 amide bonds. The predicted molar refractivity (Wildman–Crippen MR) is 131 cm³/mol. The minimum atomic E-state index is -4.42. The van der Waals surface area contributed by atoms with Crippen molar-refractivity contribution in [3.63, 3.8) is 0 Å². The van der Waals surface area contributed by atoms with E-state index >= 15 is 0 Å². The molecule has 3 heterocycles. The van der Waals surface area contributed by atoms with E-state index in [4.69, 9.17) is 9.72 Å². The fourth-order valence-corrected chi connectivity index (χ4v) is 4.31. The molecule has 1 aliphatic rings. The van der Waals surface area contributed by atoms with Gasteiger partial charge in [-0.25, -0.2) is 9.97 Å². The lowest BCUT2D eigenvalue weighted by atomic mass is 10.0. The zero-order chi connectivity index (χ0) is 25.3. The Hall–Kier alpha value is -4.14. The van der Waals surface area contributed by atoms with Crippen LogP contribution in [0.1, 0.15) is 15.9 Å². The van der Waals surface area contributed by atoms with Gasteiger partial charge in [-0.05, 0) is 48.5 Å². The third kappa shape index (κ3) is 4.68. The van der Waals surface area contributed by atoms with E-state index in [1.54, 1.807) is 12.0 Å². The van der Waals surface area contributed by atoms with Gasteiger partial charge in [-0.3, -0.25) is 4.79 Å². The summed E-state index contributed by atoms with van der Waals surface area (Å²) in [6.45, 7) is 1.79. The predicted octanol–water partition coefficient (Wildman–Crippen LogP) is 5.29.